The zero-order valence-corrected chi connectivity index (χ0v) is 9.64. The maximum atomic E-state index is 2.83. The Bertz CT molecular complexity index is 153. The molecule has 2 saturated heterocycles. The van der Waals surface area contributed by atoms with Crippen LogP contribution in [0.2, 0.25) is 19.6 Å². The van der Waals surface area contributed by atoms with Crippen molar-refractivity contribution in [3.05, 3.63) is 0 Å². The maximum Gasteiger partial charge on any atom is 0.0599 e. The van der Waals surface area contributed by atoms with Gasteiger partial charge >= 0.3 is 0 Å². The Morgan fingerprint density at radius 1 is 1.00 bits per heavy atom. The van der Waals surface area contributed by atoms with Gasteiger partial charge in [-0.2, -0.15) is 0 Å². The normalized spacial score (nSPS) is 36.2. The SMILES string of the molecule is C[Si](C)(C)CN1C2CCC1CC2. The van der Waals surface area contributed by atoms with Crippen molar-refractivity contribution in [2.45, 2.75) is 57.4 Å². The molecule has 0 spiro atoms. The molecule has 0 saturated carbocycles. The first-order valence-corrected chi connectivity index (χ1v) is 9.03. The molecular weight excluding hydrogens is 162 g/mol. The molecule has 70 valence electrons. The maximum absolute atomic E-state index is 2.83. The summed E-state index contributed by atoms with van der Waals surface area (Å²) in [6.07, 6.45) is 7.43. The number of rotatable bonds is 2. The molecule has 2 heteroatoms. The van der Waals surface area contributed by atoms with Crippen molar-refractivity contribution in [2.24, 2.45) is 0 Å². The Morgan fingerprint density at radius 3 is 1.75 bits per heavy atom. The predicted molar refractivity (Wildman–Crippen MR) is 56.1 cm³/mol. The lowest BCUT2D eigenvalue weighted by Gasteiger charge is -2.28. The van der Waals surface area contributed by atoms with Crippen molar-refractivity contribution in [3.63, 3.8) is 0 Å². The Kier molecular flexibility index (Phi) is 2.08. The first kappa shape index (κ1) is 8.76. The van der Waals surface area contributed by atoms with Gasteiger partial charge in [0.15, 0.2) is 0 Å². The monoisotopic (exact) mass is 183 g/mol. The van der Waals surface area contributed by atoms with Gasteiger partial charge in [0.25, 0.3) is 0 Å². The number of hydrogen-bond donors (Lipinski definition) is 0. The lowest BCUT2D eigenvalue weighted by molar-refractivity contribution is 0.291. The molecule has 0 amide bonds. The van der Waals surface area contributed by atoms with Gasteiger partial charge in [0.1, 0.15) is 0 Å². The zero-order valence-electron chi connectivity index (χ0n) is 8.64. The van der Waals surface area contributed by atoms with E-state index in [1.54, 1.807) is 0 Å². The van der Waals surface area contributed by atoms with Gasteiger partial charge in [0.2, 0.25) is 0 Å². The van der Waals surface area contributed by atoms with Crippen molar-refractivity contribution >= 4 is 8.07 Å². The van der Waals surface area contributed by atoms with Crippen molar-refractivity contribution in [1.82, 2.24) is 4.90 Å². The van der Waals surface area contributed by atoms with Gasteiger partial charge in [-0.3, -0.25) is 0 Å². The molecule has 0 N–H and O–H groups in total. The number of fused-ring (bicyclic) bond motifs is 2. The fourth-order valence-electron chi connectivity index (χ4n) is 2.83. The molecule has 0 aromatic carbocycles. The molecule has 0 atom stereocenters. The first-order chi connectivity index (χ1) is 5.56. The summed E-state index contributed by atoms with van der Waals surface area (Å²) >= 11 is 0. The van der Waals surface area contributed by atoms with E-state index in [2.05, 4.69) is 24.5 Å². The molecule has 2 aliphatic rings. The van der Waals surface area contributed by atoms with Gasteiger partial charge in [-0.1, -0.05) is 19.6 Å². The Hall–Kier alpha value is 0.177. The van der Waals surface area contributed by atoms with Crippen LogP contribution < -0.4 is 0 Å². The molecule has 0 aliphatic carbocycles. The summed E-state index contributed by atoms with van der Waals surface area (Å²) in [4.78, 5) is 2.83. The molecule has 0 aromatic rings. The minimum absolute atomic E-state index is 0.840. The van der Waals surface area contributed by atoms with E-state index in [4.69, 9.17) is 0 Å². The van der Waals surface area contributed by atoms with Crippen molar-refractivity contribution in [1.29, 1.82) is 0 Å². The second-order valence-corrected chi connectivity index (χ2v) is 11.1. The van der Waals surface area contributed by atoms with Gasteiger partial charge in [0, 0.05) is 12.1 Å². The molecule has 1 nitrogen and oxygen atoms in total. The summed E-state index contributed by atoms with van der Waals surface area (Å²) in [7, 11) is -0.840. The summed E-state index contributed by atoms with van der Waals surface area (Å²) in [5, 5.41) is 0. The first-order valence-electron chi connectivity index (χ1n) is 5.32. The van der Waals surface area contributed by atoms with E-state index in [1.165, 1.54) is 31.9 Å². The van der Waals surface area contributed by atoms with E-state index in [0.29, 0.717) is 0 Å². The molecule has 2 bridgehead atoms. The van der Waals surface area contributed by atoms with Crippen LogP contribution in [0.3, 0.4) is 0 Å². The highest BCUT2D eigenvalue weighted by Gasteiger charge is 2.40. The van der Waals surface area contributed by atoms with Gasteiger partial charge < -0.3 is 4.90 Å². The summed E-state index contributed by atoms with van der Waals surface area (Å²) in [6.45, 7) is 7.47. The summed E-state index contributed by atoms with van der Waals surface area (Å²) in [5.41, 5.74) is 0. The standard InChI is InChI=1S/C10H21NSi/c1-12(2,3)8-11-9-4-5-10(11)7-6-9/h9-10H,4-8H2,1-3H3. The van der Waals surface area contributed by atoms with E-state index in [9.17, 15) is 0 Å². The zero-order chi connectivity index (χ0) is 8.77. The van der Waals surface area contributed by atoms with E-state index in [0.717, 1.165) is 12.1 Å². The molecule has 12 heavy (non-hydrogen) atoms. The van der Waals surface area contributed by atoms with Gasteiger partial charge in [-0.15, -0.1) is 0 Å². The summed E-state index contributed by atoms with van der Waals surface area (Å²) < 4.78 is 0. The lowest BCUT2D eigenvalue weighted by Crippen LogP contribution is -2.42. The second kappa shape index (κ2) is 2.84. The largest absolute Gasteiger partial charge is 0.300 e. The predicted octanol–water partition coefficient (Wildman–Crippen LogP) is 2.49. The molecule has 0 radical (unpaired) electrons. The van der Waals surface area contributed by atoms with Gasteiger partial charge in [-0.05, 0) is 31.9 Å². The summed E-state index contributed by atoms with van der Waals surface area (Å²) in [6, 6.07) is 1.98. The second-order valence-electron chi connectivity index (χ2n) is 5.70. The van der Waals surface area contributed by atoms with E-state index >= 15 is 0 Å². The average molecular weight is 183 g/mol. The van der Waals surface area contributed by atoms with Crippen molar-refractivity contribution in [3.8, 4) is 0 Å². The fraction of sp³-hybridized carbons (Fsp3) is 1.00. The fourth-order valence-corrected chi connectivity index (χ4v) is 4.44. The Balaban J connectivity index is 1.97. The van der Waals surface area contributed by atoms with E-state index in [1.807, 2.05) is 0 Å². The molecule has 0 aromatic heterocycles. The lowest BCUT2D eigenvalue weighted by atomic mass is 10.0. The number of hydrogen-bond acceptors (Lipinski definition) is 1. The highest BCUT2D eigenvalue weighted by Crippen LogP contribution is 2.37. The van der Waals surface area contributed by atoms with E-state index in [-0.39, 0.29) is 0 Å². The van der Waals surface area contributed by atoms with Crippen LogP contribution in [0.5, 0.6) is 0 Å². The quantitative estimate of drug-likeness (QED) is 0.595. The van der Waals surface area contributed by atoms with Crippen LogP contribution >= 0.6 is 0 Å². The third kappa shape index (κ3) is 1.60. The van der Waals surface area contributed by atoms with Crippen molar-refractivity contribution in [2.75, 3.05) is 6.17 Å². The molecule has 2 aliphatic heterocycles. The van der Waals surface area contributed by atoms with Gasteiger partial charge in [0.05, 0.1) is 8.07 Å². The highest BCUT2D eigenvalue weighted by atomic mass is 28.3. The van der Waals surface area contributed by atoms with Crippen LogP contribution in [0.4, 0.5) is 0 Å². The minimum Gasteiger partial charge on any atom is -0.300 e. The smallest absolute Gasteiger partial charge is 0.0599 e. The molecule has 0 unspecified atom stereocenters. The topological polar surface area (TPSA) is 3.24 Å². The molecule has 2 heterocycles. The Labute approximate surface area is 77.2 Å². The van der Waals surface area contributed by atoms with Crippen LogP contribution in [-0.2, 0) is 0 Å². The van der Waals surface area contributed by atoms with Gasteiger partial charge in [-0.25, -0.2) is 0 Å². The average Bonchev–Trinajstić information content (AvgIpc) is 2.46. The van der Waals surface area contributed by atoms with Crippen LogP contribution in [-0.4, -0.2) is 31.2 Å². The van der Waals surface area contributed by atoms with Crippen molar-refractivity contribution < 1.29 is 0 Å². The molecular formula is C10H21NSi. The van der Waals surface area contributed by atoms with Crippen LogP contribution in [0.25, 0.3) is 0 Å². The minimum atomic E-state index is -0.840. The van der Waals surface area contributed by atoms with Crippen LogP contribution in [0.1, 0.15) is 25.7 Å². The number of nitrogens with zero attached hydrogens (tertiary/aromatic N) is 1. The van der Waals surface area contributed by atoms with E-state index < -0.39 is 8.07 Å². The van der Waals surface area contributed by atoms with Crippen LogP contribution in [0.15, 0.2) is 0 Å². The Morgan fingerprint density at radius 2 is 1.42 bits per heavy atom. The molecule has 2 fully saturated rings. The summed E-state index contributed by atoms with van der Waals surface area (Å²) in [5.74, 6) is 0. The molecule has 2 rings (SSSR count). The van der Waals surface area contributed by atoms with Crippen LogP contribution in [0, 0.1) is 0 Å². The highest BCUT2D eigenvalue weighted by molar-refractivity contribution is 6.76. The third-order valence-corrected chi connectivity index (χ3v) is 4.58. The third-order valence-electron chi connectivity index (χ3n) is 3.26.